The predicted octanol–water partition coefficient (Wildman–Crippen LogP) is 2.65. The Kier molecular flexibility index (Phi) is 6.62. The maximum atomic E-state index is 12.9. The molecule has 3 heterocycles. The van der Waals surface area contributed by atoms with Crippen LogP contribution < -0.4 is 10.2 Å². The molecule has 2 fully saturated rings. The summed E-state index contributed by atoms with van der Waals surface area (Å²) in [6.45, 7) is 3.04. The molecule has 0 bridgehead atoms. The molecular weight excluding hydrogens is 376 g/mol. The summed E-state index contributed by atoms with van der Waals surface area (Å²) in [6, 6.07) is 16.5. The molecule has 30 heavy (non-hydrogen) atoms. The van der Waals surface area contributed by atoms with Crippen molar-refractivity contribution in [2.24, 2.45) is 5.92 Å². The highest BCUT2D eigenvalue weighted by molar-refractivity contribution is 5.84. The van der Waals surface area contributed by atoms with Gasteiger partial charge in [0.2, 0.25) is 11.8 Å². The van der Waals surface area contributed by atoms with E-state index in [2.05, 4.69) is 39.5 Å². The number of hydrogen-bond donors (Lipinski definition) is 1. The van der Waals surface area contributed by atoms with Crippen LogP contribution in [0.2, 0.25) is 0 Å². The second kappa shape index (κ2) is 9.74. The Bertz CT molecular complexity index is 835. The van der Waals surface area contributed by atoms with E-state index in [-0.39, 0.29) is 23.8 Å². The molecule has 2 saturated heterocycles. The van der Waals surface area contributed by atoms with Gasteiger partial charge in [-0.15, -0.1) is 0 Å². The number of amides is 2. The van der Waals surface area contributed by atoms with Crippen molar-refractivity contribution in [2.75, 3.05) is 31.1 Å². The summed E-state index contributed by atoms with van der Waals surface area (Å²) in [5.74, 6) is 0.133. The van der Waals surface area contributed by atoms with Gasteiger partial charge in [0.05, 0.1) is 5.92 Å². The fraction of sp³-hybridized carbons (Fsp3) is 0.458. The van der Waals surface area contributed by atoms with Crippen LogP contribution in [0.5, 0.6) is 0 Å². The van der Waals surface area contributed by atoms with Crippen LogP contribution in [0.1, 0.15) is 31.4 Å². The largest absolute Gasteiger partial charge is 0.371 e. The summed E-state index contributed by atoms with van der Waals surface area (Å²) >= 11 is 0. The number of piperidine rings is 2. The molecule has 0 saturated carbocycles. The molecule has 0 radical (unpaired) electrons. The zero-order valence-corrected chi connectivity index (χ0v) is 17.4. The first-order valence-electron chi connectivity index (χ1n) is 11.0. The summed E-state index contributed by atoms with van der Waals surface area (Å²) in [5, 5.41) is 3.25. The average Bonchev–Trinajstić information content (AvgIpc) is 2.80. The number of rotatable bonds is 6. The van der Waals surface area contributed by atoms with Crippen LogP contribution in [-0.4, -0.2) is 53.9 Å². The first-order chi connectivity index (χ1) is 14.7. The van der Waals surface area contributed by atoms with Gasteiger partial charge < -0.3 is 15.1 Å². The van der Waals surface area contributed by atoms with Gasteiger partial charge in [0, 0.05) is 62.6 Å². The number of para-hydroxylation sites is 1. The third kappa shape index (κ3) is 5.17. The SMILES string of the molecule is O=C(NC1CCN(c2ccccc2)CC1)[C@@H]1CCC(=O)N(CCc2ccccn2)C1. The van der Waals surface area contributed by atoms with Crippen molar-refractivity contribution in [3.63, 3.8) is 0 Å². The maximum absolute atomic E-state index is 12.9. The van der Waals surface area contributed by atoms with Gasteiger partial charge in [-0.05, 0) is 43.5 Å². The van der Waals surface area contributed by atoms with E-state index in [0.717, 1.165) is 38.0 Å². The summed E-state index contributed by atoms with van der Waals surface area (Å²) in [4.78, 5) is 33.7. The van der Waals surface area contributed by atoms with Gasteiger partial charge >= 0.3 is 0 Å². The number of carbonyl (C=O) groups is 2. The Hall–Kier alpha value is -2.89. The maximum Gasteiger partial charge on any atom is 0.225 e. The minimum atomic E-state index is -0.112. The number of pyridine rings is 1. The molecule has 0 aliphatic carbocycles. The number of aromatic nitrogens is 1. The van der Waals surface area contributed by atoms with Gasteiger partial charge in [0.25, 0.3) is 0 Å². The Morgan fingerprint density at radius 1 is 1.03 bits per heavy atom. The van der Waals surface area contributed by atoms with Crippen LogP contribution in [0.15, 0.2) is 54.7 Å². The zero-order chi connectivity index (χ0) is 20.8. The van der Waals surface area contributed by atoms with Gasteiger partial charge in [-0.25, -0.2) is 0 Å². The standard InChI is InChI=1S/C24H30N4O2/c29-23-10-9-19(18-28(23)17-11-20-6-4-5-14-25-20)24(30)26-21-12-15-27(16-13-21)22-7-2-1-3-8-22/h1-8,14,19,21H,9-13,15-18H2,(H,26,30)/t19-/m1/s1. The van der Waals surface area contributed by atoms with E-state index < -0.39 is 0 Å². The van der Waals surface area contributed by atoms with Crippen molar-refractivity contribution in [3.05, 3.63) is 60.4 Å². The summed E-state index contributed by atoms with van der Waals surface area (Å²) in [7, 11) is 0. The van der Waals surface area contributed by atoms with Gasteiger partial charge in [-0.1, -0.05) is 24.3 Å². The molecule has 6 heteroatoms. The highest BCUT2D eigenvalue weighted by atomic mass is 16.2. The van der Waals surface area contributed by atoms with Crippen LogP contribution in [0, 0.1) is 5.92 Å². The quantitative estimate of drug-likeness (QED) is 0.801. The third-order valence-electron chi connectivity index (χ3n) is 6.20. The van der Waals surface area contributed by atoms with Crippen LogP contribution in [0.25, 0.3) is 0 Å². The Balaban J connectivity index is 1.25. The fourth-order valence-electron chi connectivity index (χ4n) is 4.38. The van der Waals surface area contributed by atoms with Crippen molar-refractivity contribution in [1.82, 2.24) is 15.2 Å². The molecule has 1 aromatic heterocycles. The topological polar surface area (TPSA) is 65.5 Å². The van der Waals surface area contributed by atoms with E-state index >= 15 is 0 Å². The van der Waals surface area contributed by atoms with Gasteiger partial charge in [-0.2, -0.15) is 0 Å². The molecule has 4 rings (SSSR count). The molecule has 158 valence electrons. The van der Waals surface area contributed by atoms with E-state index in [0.29, 0.717) is 25.9 Å². The number of anilines is 1. The first kappa shape index (κ1) is 20.4. The lowest BCUT2D eigenvalue weighted by Gasteiger charge is -2.36. The second-order valence-corrected chi connectivity index (χ2v) is 8.25. The molecule has 1 atom stereocenters. The number of nitrogens with one attached hydrogen (secondary N) is 1. The molecular formula is C24H30N4O2. The molecule has 2 aliphatic rings. The van der Waals surface area contributed by atoms with Crippen LogP contribution in [-0.2, 0) is 16.0 Å². The van der Waals surface area contributed by atoms with Crippen molar-refractivity contribution >= 4 is 17.5 Å². The average molecular weight is 407 g/mol. The summed E-state index contributed by atoms with van der Waals surface area (Å²) in [6.07, 6.45) is 5.50. The number of nitrogens with zero attached hydrogens (tertiary/aromatic N) is 3. The van der Waals surface area contributed by atoms with Crippen molar-refractivity contribution in [2.45, 2.75) is 38.1 Å². The smallest absolute Gasteiger partial charge is 0.225 e. The Morgan fingerprint density at radius 2 is 1.80 bits per heavy atom. The van der Waals surface area contributed by atoms with E-state index in [9.17, 15) is 9.59 Å². The van der Waals surface area contributed by atoms with Gasteiger partial charge in [-0.3, -0.25) is 14.6 Å². The van der Waals surface area contributed by atoms with E-state index in [1.165, 1.54) is 5.69 Å². The summed E-state index contributed by atoms with van der Waals surface area (Å²) < 4.78 is 0. The number of likely N-dealkylation sites (tertiary alicyclic amines) is 1. The molecule has 0 spiro atoms. The van der Waals surface area contributed by atoms with Crippen LogP contribution in [0.3, 0.4) is 0 Å². The molecule has 1 N–H and O–H groups in total. The molecule has 2 aliphatic heterocycles. The number of hydrogen-bond acceptors (Lipinski definition) is 4. The number of benzene rings is 1. The Labute approximate surface area is 178 Å². The predicted molar refractivity (Wildman–Crippen MR) is 117 cm³/mol. The number of carbonyl (C=O) groups excluding carboxylic acids is 2. The molecule has 0 unspecified atom stereocenters. The normalized spacial score (nSPS) is 20.3. The zero-order valence-electron chi connectivity index (χ0n) is 17.4. The van der Waals surface area contributed by atoms with E-state index in [1.54, 1.807) is 6.20 Å². The van der Waals surface area contributed by atoms with E-state index in [1.807, 2.05) is 29.2 Å². The Morgan fingerprint density at radius 3 is 2.53 bits per heavy atom. The van der Waals surface area contributed by atoms with Gasteiger partial charge in [0.15, 0.2) is 0 Å². The first-order valence-corrected chi connectivity index (χ1v) is 11.0. The second-order valence-electron chi connectivity index (χ2n) is 8.25. The minimum Gasteiger partial charge on any atom is -0.371 e. The fourth-order valence-corrected chi connectivity index (χ4v) is 4.38. The van der Waals surface area contributed by atoms with Crippen molar-refractivity contribution in [3.8, 4) is 0 Å². The van der Waals surface area contributed by atoms with Crippen molar-refractivity contribution in [1.29, 1.82) is 0 Å². The van der Waals surface area contributed by atoms with Gasteiger partial charge in [0.1, 0.15) is 0 Å². The molecule has 2 aromatic rings. The van der Waals surface area contributed by atoms with Crippen molar-refractivity contribution < 1.29 is 9.59 Å². The molecule has 2 amide bonds. The van der Waals surface area contributed by atoms with Crippen LogP contribution >= 0.6 is 0 Å². The molecule has 6 nitrogen and oxygen atoms in total. The lowest BCUT2D eigenvalue weighted by Crippen LogP contribution is -2.50. The summed E-state index contributed by atoms with van der Waals surface area (Å²) in [5.41, 5.74) is 2.22. The monoisotopic (exact) mass is 406 g/mol. The third-order valence-corrected chi connectivity index (χ3v) is 6.20. The molecule has 1 aromatic carbocycles. The minimum absolute atomic E-state index is 0.100. The lowest BCUT2D eigenvalue weighted by atomic mass is 9.95. The van der Waals surface area contributed by atoms with E-state index in [4.69, 9.17) is 0 Å². The highest BCUT2D eigenvalue weighted by Crippen LogP contribution is 2.22. The highest BCUT2D eigenvalue weighted by Gasteiger charge is 2.31. The lowest BCUT2D eigenvalue weighted by molar-refractivity contribution is -0.138. The van der Waals surface area contributed by atoms with Crippen LogP contribution in [0.4, 0.5) is 5.69 Å².